The van der Waals surface area contributed by atoms with Gasteiger partial charge in [0.1, 0.15) is 5.75 Å². The third-order valence-corrected chi connectivity index (χ3v) is 4.55. The molecule has 0 amide bonds. The summed E-state index contributed by atoms with van der Waals surface area (Å²) in [4.78, 5) is 0. The highest BCUT2D eigenvalue weighted by Crippen LogP contribution is 2.35. The van der Waals surface area contributed by atoms with Crippen molar-refractivity contribution in [1.82, 2.24) is 0 Å². The second kappa shape index (κ2) is 7.84. The van der Waals surface area contributed by atoms with E-state index in [0.29, 0.717) is 10.8 Å². The molecule has 2 aromatic rings. The first kappa shape index (κ1) is 17.0. The molecule has 0 spiro atoms. The molecule has 4 heteroatoms. The minimum absolute atomic E-state index is 0.261. The number of ether oxygens (including phenoxy) is 2. The Bertz CT molecular complexity index is 656. The topological polar surface area (TPSA) is 38.7 Å². The maximum atomic E-state index is 10.2. The van der Waals surface area contributed by atoms with Crippen molar-refractivity contribution in [3.63, 3.8) is 0 Å². The zero-order valence-electron chi connectivity index (χ0n) is 13.3. The van der Waals surface area contributed by atoms with Crippen LogP contribution >= 0.6 is 11.6 Å². The minimum Gasteiger partial charge on any atom is -0.465 e. The molecule has 2 aromatic carbocycles. The van der Waals surface area contributed by atoms with Gasteiger partial charge in [0.15, 0.2) is 0 Å². The van der Waals surface area contributed by atoms with E-state index < -0.39 is 12.4 Å². The number of rotatable bonds is 5. The standard InChI is InChI=1S/C20H21ClO3/c1-2-18(22)19-12-15(14-6-4-3-5-7-14)13-20(24-19)23-17-10-8-16(21)9-11-17/h2-11,15,18-20,22H,1,12-13H2. The van der Waals surface area contributed by atoms with E-state index in [0.717, 1.165) is 12.8 Å². The molecule has 24 heavy (non-hydrogen) atoms. The average Bonchev–Trinajstić information content (AvgIpc) is 2.63. The Hall–Kier alpha value is -1.81. The van der Waals surface area contributed by atoms with Gasteiger partial charge in [-0.1, -0.05) is 48.0 Å². The second-order valence-electron chi connectivity index (χ2n) is 5.98. The molecule has 4 atom stereocenters. The van der Waals surface area contributed by atoms with Crippen LogP contribution in [0, 0.1) is 0 Å². The largest absolute Gasteiger partial charge is 0.465 e. The van der Waals surface area contributed by atoms with Crippen LogP contribution in [0.2, 0.25) is 5.02 Å². The van der Waals surface area contributed by atoms with Gasteiger partial charge in [-0.3, -0.25) is 0 Å². The van der Waals surface area contributed by atoms with Crippen LogP contribution < -0.4 is 4.74 Å². The fourth-order valence-electron chi connectivity index (χ4n) is 3.02. The average molecular weight is 345 g/mol. The lowest BCUT2D eigenvalue weighted by Gasteiger charge is -2.37. The van der Waals surface area contributed by atoms with Crippen molar-refractivity contribution in [3.8, 4) is 5.75 Å². The van der Waals surface area contributed by atoms with E-state index in [-0.39, 0.29) is 12.0 Å². The molecule has 0 bridgehead atoms. The Labute approximate surface area is 147 Å². The van der Waals surface area contributed by atoms with Gasteiger partial charge < -0.3 is 14.6 Å². The van der Waals surface area contributed by atoms with Crippen molar-refractivity contribution in [2.45, 2.75) is 37.3 Å². The minimum atomic E-state index is -0.715. The molecule has 3 rings (SSSR count). The highest BCUT2D eigenvalue weighted by molar-refractivity contribution is 6.30. The lowest BCUT2D eigenvalue weighted by atomic mass is 9.86. The molecule has 0 aromatic heterocycles. The number of hydrogen-bond donors (Lipinski definition) is 1. The molecule has 0 saturated carbocycles. The van der Waals surface area contributed by atoms with Crippen molar-refractivity contribution < 1.29 is 14.6 Å². The summed E-state index contributed by atoms with van der Waals surface area (Å²) in [6, 6.07) is 17.5. The van der Waals surface area contributed by atoms with E-state index in [1.807, 2.05) is 30.3 Å². The lowest BCUT2D eigenvalue weighted by molar-refractivity contribution is -0.174. The summed E-state index contributed by atoms with van der Waals surface area (Å²) in [7, 11) is 0. The molecule has 1 fully saturated rings. The maximum absolute atomic E-state index is 10.2. The van der Waals surface area contributed by atoms with Gasteiger partial charge in [0.2, 0.25) is 6.29 Å². The van der Waals surface area contributed by atoms with E-state index in [1.165, 1.54) is 11.6 Å². The quantitative estimate of drug-likeness (QED) is 0.808. The van der Waals surface area contributed by atoms with Gasteiger partial charge >= 0.3 is 0 Å². The predicted octanol–water partition coefficient (Wildman–Crippen LogP) is 4.55. The van der Waals surface area contributed by atoms with Crippen LogP contribution in [0.25, 0.3) is 0 Å². The van der Waals surface area contributed by atoms with Crippen LogP contribution in [-0.4, -0.2) is 23.6 Å². The molecule has 1 aliphatic heterocycles. The van der Waals surface area contributed by atoms with Crippen molar-refractivity contribution in [2.75, 3.05) is 0 Å². The fraction of sp³-hybridized carbons (Fsp3) is 0.300. The van der Waals surface area contributed by atoms with E-state index in [9.17, 15) is 5.11 Å². The van der Waals surface area contributed by atoms with Gasteiger partial charge in [-0.05, 0) is 42.2 Å². The molecular weight excluding hydrogens is 324 g/mol. The number of benzene rings is 2. The third kappa shape index (κ3) is 4.18. The van der Waals surface area contributed by atoms with Gasteiger partial charge in [0.25, 0.3) is 0 Å². The molecule has 0 radical (unpaired) electrons. The summed E-state index contributed by atoms with van der Waals surface area (Å²) in [5.74, 6) is 0.960. The maximum Gasteiger partial charge on any atom is 0.200 e. The number of aliphatic hydroxyl groups is 1. The molecule has 1 aliphatic rings. The Morgan fingerprint density at radius 1 is 1.12 bits per heavy atom. The SMILES string of the molecule is C=CC(O)C1CC(c2ccccc2)CC(Oc2ccc(Cl)cc2)O1. The third-order valence-electron chi connectivity index (χ3n) is 4.29. The molecule has 3 nitrogen and oxygen atoms in total. The molecule has 1 N–H and O–H groups in total. The molecule has 1 heterocycles. The predicted molar refractivity (Wildman–Crippen MR) is 95.4 cm³/mol. The highest BCUT2D eigenvalue weighted by atomic mass is 35.5. The normalized spacial score (nSPS) is 25.0. The molecule has 4 unspecified atom stereocenters. The summed E-state index contributed by atoms with van der Waals surface area (Å²) < 4.78 is 11.9. The van der Waals surface area contributed by atoms with Crippen molar-refractivity contribution in [2.24, 2.45) is 0 Å². The smallest absolute Gasteiger partial charge is 0.200 e. The Morgan fingerprint density at radius 3 is 2.50 bits per heavy atom. The Morgan fingerprint density at radius 2 is 1.83 bits per heavy atom. The fourth-order valence-corrected chi connectivity index (χ4v) is 3.15. The van der Waals surface area contributed by atoms with Crippen LogP contribution in [0.4, 0.5) is 0 Å². The molecule has 1 saturated heterocycles. The molecule has 0 aliphatic carbocycles. The summed E-state index contributed by atoms with van der Waals surface area (Å²) in [5, 5.41) is 10.8. The van der Waals surface area contributed by atoms with Crippen LogP contribution in [0.5, 0.6) is 5.75 Å². The summed E-state index contributed by atoms with van der Waals surface area (Å²) in [5.41, 5.74) is 1.23. The van der Waals surface area contributed by atoms with Crippen molar-refractivity contribution >= 4 is 11.6 Å². The van der Waals surface area contributed by atoms with E-state index in [4.69, 9.17) is 21.1 Å². The Kier molecular flexibility index (Phi) is 5.56. The van der Waals surface area contributed by atoms with Gasteiger partial charge in [-0.15, -0.1) is 6.58 Å². The van der Waals surface area contributed by atoms with Crippen LogP contribution in [0.15, 0.2) is 67.3 Å². The number of aliphatic hydroxyl groups excluding tert-OH is 1. The first-order chi connectivity index (χ1) is 11.7. The molecular formula is C20H21ClO3. The van der Waals surface area contributed by atoms with Crippen LogP contribution in [0.3, 0.4) is 0 Å². The summed E-state index contributed by atoms with van der Waals surface area (Å²) in [6.45, 7) is 3.67. The van der Waals surface area contributed by atoms with Crippen molar-refractivity contribution in [3.05, 3.63) is 77.8 Å². The number of hydrogen-bond acceptors (Lipinski definition) is 3. The lowest BCUT2D eigenvalue weighted by Crippen LogP contribution is -2.41. The number of halogens is 1. The van der Waals surface area contributed by atoms with Crippen molar-refractivity contribution in [1.29, 1.82) is 0 Å². The zero-order chi connectivity index (χ0) is 16.9. The summed E-state index contributed by atoms with van der Waals surface area (Å²) in [6.07, 6.45) is 1.50. The monoisotopic (exact) mass is 344 g/mol. The van der Waals surface area contributed by atoms with Crippen LogP contribution in [0.1, 0.15) is 24.3 Å². The van der Waals surface area contributed by atoms with Gasteiger partial charge in [-0.25, -0.2) is 0 Å². The van der Waals surface area contributed by atoms with E-state index >= 15 is 0 Å². The van der Waals surface area contributed by atoms with Gasteiger partial charge in [-0.2, -0.15) is 0 Å². The molecule has 126 valence electrons. The first-order valence-electron chi connectivity index (χ1n) is 8.09. The zero-order valence-corrected chi connectivity index (χ0v) is 14.1. The second-order valence-corrected chi connectivity index (χ2v) is 6.42. The Balaban J connectivity index is 1.77. The van der Waals surface area contributed by atoms with Crippen LogP contribution in [-0.2, 0) is 4.74 Å². The highest BCUT2D eigenvalue weighted by Gasteiger charge is 2.34. The van der Waals surface area contributed by atoms with Gasteiger partial charge in [0.05, 0.1) is 12.2 Å². The van der Waals surface area contributed by atoms with E-state index in [2.05, 4.69) is 18.7 Å². The first-order valence-corrected chi connectivity index (χ1v) is 8.47. The summed E-state index contributed by atoms with van der Waals surface area (Å²) >= 11 is 5.91. The van der Waals surface area contributed by atoms with Gasteiger partial charge in [0, 0.05) is 11.4 Å². The van der Waals surface area contributed by atoms with E-state index in [1.54, 1.807) is 12.1 Å².